The molecular formula is C12H20N2S. The highest BCUT2D eigenvalue weighted by Crippen LogP contribution is 2.25. The van der Waals surface area contributed by atoms with Crippen LogP contribution in [0.2, 0.25) is 0 Å². The van der Waals surface area contributed by atoms with Crippen LogP contribution in [0.4, 0.5) is 0 Å². The summed E-state index contributed by atoms with van der Waals surface area (Å²) < 4.78 is 0. The predicted octanol–water partition coefficient (Wildman–Crippen LogP) is 2.10. The Kier molecular flexibility index (Phi) is 3.78. The van der Waals surface area contributed by atoms with E-state index in [0.717, 1.165) is 13.1 Å². The van der Waals surface area contributed by atoms with E-state index in [0.29, 0.717) is 6.04 Å². The van der Waals surface area contributed by atoms with E-state index < -0.39 is 0 Å². The van der Waals surface area contributed by atoms with Gasteiger partial charge in [0.2, 0.25) is 0 Å². The van der Waals surface area contributed by atoms with Crippen LogP contribution < -0.4 is 5.32 Å². The van der Waals surface area contributed by atoms with Gasteiger partial charge in [-0.05, 0) is 50.4 Å². The zero-order valence-electron chi connectivity index (χ0n) is 9.62. The number of thiophene rings is 1. The van der Waals surface area contributed by atoms with Crippen LogP contribution >= 0.6 is 11.3 Å². The number of hydrogen-bond donors (Lipinski definition) is 1. The summed E-state index contributed by atoms with van der Waals surface area (Å²) in [7, 11) is 2.03. The third-order valence-corrected chi connectivity index (χ3v) is 4.30. The molecule has 0 bridgehead atoms. The second kappa shape index (κ2) is 5.10. The largest absolute Gasteiger partial charge is 0.320 e. The van der Waals surface area contributed by atoms with E-state index in [-0.39, 0.29) is 0 Å². The summed E-state index contributed by atoms with van der Waals surface area (Å²) in [5.74, 6) is 0. The van der Waals surface area contributed by atoms with Crippen LogP contribution in [0.3, 0.4) is 0 Å². The SMILES string of the molecule is CNCCC(C)N1CCc2sccc2C1. The van der Waals surface area contributed by atoms with Crippen molar-refractivity contribution < 1.29 is 0 Å². The predicted molar refractivity (Wildman–Crippen MR) is 66.4 cm³/mol. The number of nitrogens with zero attached hydrogens (tertiary/aromatic N) is 1. The molecule has 1 unspecified atom stereocenters. The van der Waals surface area contributed by atoms with Gasteiger partial charge in [-0.2, -0.15) is 0 Å². The van der Waals surface area contributed by atoms with Crippen molar-refractivity contribution in [2.45, 2.75) is 32.4 Å². The molecule has 2 heterocycles. The zero-order valence-corrected chi connectivity index (χ0v) is 10.4. The van der Waals surface area contributed by atoms with Crippen LogP contribution in [-0.4, -0.2) is 31.1 Å². The highest BCUT2D eigenvalue weighted by molar-refractivity contribution is 7.10. The van der Waals surface area contributed by atoms with E-state index in [4.69, 9.17) is 0 Å². The lowest BCUT2D eigenvalue weighted by atomic mass is 10.1. The monoisotopic (exact) mass is 224 g/mol. The highest BCUT2D eigenvalue weighted by Gasteiger charge is 2.20. The number of nitrogens with one attached hydrogen (secondary N) is 1. The molecule has 3 heteroatoms. The molecule has 1 N–H and O–H groups in total. The van der Waals surface area contributed by atoms with Crippen molar-refractivity contribution in [2.24, 2.45) is 0 Å². The molecule has 1 aromatic heterocycles. The fourth-order valence-electron chi connectivity index (χ4n) is 2.18. The third kappa shape index (κ3) is 2.60. The van der Waals surface area contributed by atoms with Gasteiger partial charge in [-0.1, -0.05) is 0 Å². The molecule has 0 aromatic carbocycles. The maximum absolute atomic E-state index is 3.23. The van der Waals surface area contributed by atoms with Crippen LogP contribution in [0.5, 0.6) is 0 Å². The van der Waals surface area contributed by atoms with Crippen molar-refractivity contribution in [1.82, 2.24) is 10.2 Å². The molecule has 0 radical (unpaired) electrons. The molecule has 0 aliphatic carbocycles. The first kappa shape index (κ1) is 11.1. The highest BCUT2D eigenvalue weighted by atomic mass is 32.1. The molecule has 15 heavy (non-hydrogen) atoms. The van der Waals surface area contributed by atoms with Crippen molar-refractivity contribution in [3.63, 3.8) is 0 Å². The van der Waals surface area contributed by atoms with Crippen molar-refractivity contribution in [3.8, 4) is 0 Å². The molecule has 84 valence electrons. The molecule has 0 saturated carbocycles. The van der Waals surface area contributed by atoms with Crippen LogP contribution in [0, 0.1) is 0 Å². The molecule has 1 aliphatic rings. The number of hydrogen-bond acceptors (Lipinski definition) is 3. The molecule has 1 aromatic rings. The number of fused-ring (bicyclic) bond motifs is 1. The Hall–Kier alpha value is -0.380. The Morgan fingerprint density at radius 2 is 2.47 bits per heavy atom. The fraction of sp³-hybridized carbons (Fsp3) is 0.667. The summed E-state index contributed by atoms with van der Waals surface area (Å²) in [5, 5.41) is 5.46. The smallest absolute Gasteiger partial charge is 0.0247 e. The van der Waals surface area contributed by atoms with Gasteiger partial charge in [0.1, 0.15) is 0 Å². The minimum absolute atomic E-state index is 0.700. The first-order chi connectivity index (χ1) is 7.31. The van der Waals surface area contributed by atoms with Gasteiger partial charge in [0.25, 0.3) is 0 Å². The molecule has 1 atom stereocenters. The standard InChI is InChI=1S/C12H20N2S/c1-10(3-6-13-2)14-7-4-12-11(9-14)5-8-15-12/h5,8,10,13H,3-4,6-7,9H2,1-2H3. The van der Waals surface area contributed by atoms with Crippen molar-refractivity contribution in [3.05, 3.63) is 21.9 Å². The van der Waals surface area contributed by atoms with Gasteiger partial charge in [-0.25, -0.2) is 0 Å². The molecule has 0 saturated heterocycles. The Bertz CT molecular complexity index is 308. The Morgan fingerprint density at radius 3 is 3.27 bits per heavy atom. The average Bonchev–Trinajstić information content (AvgIpc) is 2.72. The lowest BCUT2D eigenvalue weighted by Gasteiger charge is -2.32. The van der Waals surface area contributed by atoms with Gasteiger partial charge < -0.3 is 5.32 Å². The van der Waals surface area contributed by atoms with Gasteiger partial charge in [-0.3, -0.25) is 4.90 Å². The molecule has 0 spiro atoms. The van der Waals surface area contributed by atoms with E-state index in [9.17, 15) is 0 Å². The molecule has 1 aliphatic heterocycles. The Morgan fingerprint density at radius 1 is 1.60 bits per heavy atom. The minimum Gasteiger partial charge on any atom is -0.320 e. The number of rotatable bonds is 4. The molecular weight excluding hydrogens is 204 g/mol. The second-order valence-electron chi connectivity index (χ2n) is 4.33. The summed E-state index contributed by atoms with van der Waals surface area (Å²) in [4.78, 5) is 4.21. The van der Waals surface area contributed by atoms with Gasteiger partial charge >= 0.3 is 0 Å². The van der Waals surface area contributed by atoms with Gasteiger partial charge in [0.05, 0.1) is 0 Å². The van der Waals surface area contributed by atoms with Gasteiger partial charge in [-0.15, -0.1) is 11.3 Å². The first-order valence-electron chi connectivity index (χ1n) is 5.75. The summed E-state index contributed by atoms with van der Waals surface area (Å²) in [6.45, 7) is 5.85. The summed E-state index contributed by atoms with van der Waals surface area (Å²) in [6, 6.07) is 2.99. The van der Waals surface area contributed by atoms with E-state index >= 15 is 0 Å². The fourth-order valence-corrected chi connectivity index (χ4v) is 3.07. The topological polar surface area (TPSA) is 15.3 Å². The lowest BCUT2D eigenvalue weighted by Crippen LogP contribution is -2.38. The first-order valence-corrected chi connectivity index (χ1v) is 6.63. The van der Waals surface area contributed by atoms with Gasteiger partial charge in [0, 0.05) is 24.0 Å². The normalized spacial score (nSPS) is 18.8. The molecule has 0 fully saturated rings. The van der Waals surface area contributed by atoms with Crippen LogP contribution in [-0.2, 0) is 13.0 Å². The molecule has 2 rings (SSSR count). The summed E-state index contributed by atoms with van der Waals surface area (Å²) in [5.41, 5.74) is 1.56. The Labute approximate surface area is 96.3 Å². The van der Waals surface area contributed by atoms with Crippen molar-refractivity contribution in [2.75, 3.05) is 20.1 Å². The molecule has 0 amide bonds. The van der Waals surface area contributed by atoms with E-state index in [2.05, 4.69) is 28.6 Å². The Balaban J connectivity index is 1.91. The minimum atomic E-state index is 0.700. The summed E-state index contributed by atoms with van der Waals surface area (Å²) >= 11 is 1.92. The van der Waals surface area contributed by atoms with Crippen molar-refractivity contribution >= 4 is 11.3 Å². The lowest BCUT2D eigenvalue weighted by molar-refractivity contribution is 0.183. The van der Waals surface area contributed by atoms with Crippen LogP contribution in [0.15, 0.2) is 11.4 Å². The quantitative estimate of drug-likeness (QED) is 0.842. The zero-order chi connectivity index (χ0) is 10.7. The maximum atomic E-state index is 3.23. The second-order valence-corrected chi connectivity index (χ2v) is 5.33. The van der Waals surface area contributed by atoms with Gasteiger partial charge in [0.15, 0.2) is 0 Å². The maximum Gasteiger partial charge on any atom is 0.0247 e. The average molecular weight is 224 g/mol. The van der Waals surface area contributed by atoms with Crippen molar-refractivity contribution in [1.29, 1.82) is 0 Å². The van der Waals surface area contributed by atoms with E-state index in [1.54, 1.807) is 10.4 Å². The van der Waals surface area contributed by atoms with E-state index in [1.807, 2.05) is 18.4 Å². The summed E-state index contributed by atoms with van der Waals surface area (Å²) in [6.07, 6.45) is 2.49. The van der Waals surface area contributed by atoms with E-state index in [1.165, 1.54) is 19.4 Å². The third-order valence-electron chi connectivity index (χ3n) is 3.27. The van der Waals surface area contributed by atoms with Crippen LogP contribution in [0.1, 0.15) is 23.8 Å². The molecule has 2 nitrogen and oxygen atoms in total. The van der Waals surface area contributed by atoms with Crippen LogP contribution in [0.25, 0.3) is 0 Å².